The third kappa shape index (κ3) is 1.90. The molecule has 0 saturated carbocycles. The molecule has 1 aliphatic rings. The molecule has 0 bridgehead atoms. The van der Waals surface area contributed by atoms with Crippen LogP contribution in [0.4, 0.5) is 0 Å². The Hall–Kier alpha value is -0.630. The summed E-state index contributed by atoms with van der Waals surface area (Å²) in [7, 11) is 2.05. The first-order valence-electron chi connectivity index (χ1n) is 4.10. The fourth-order valence-electron chi connectivity index (χ4n) is 1.62. The lowest BCUT2D eigenvalue weighted by atomic mass is 9.98. The number of nitrogens with zero attached hydrogens (tertiary/aromatic N) is 1. The summed E-state index contributed by atoms with van der Waals surface area (Å²) in [6, 6.07) is 0.307. The minimum absolute atomic E-state index is 0.307. The van der Waals surface area contributed by atoms with Crippen molar-refractivity contribution in [3.8, 4) is 0 Å². The molecule has 1 rings (SSSR count). The zero-order valence-corrected chi connectivity index (χ0v) is 7.05. The Morgan fingerprint density at radius 2 is 2.36 bits per heavy atom. The minimum atomic E-state index is 0.307. The van der Waals surface area contributed by atoms with Crippen LogP contribution in [-0.4, -0.2) is 30.8 Å². The second kappa shape index (κ2) is 3.67. The number of likely N-dealkylation sites (N-methyl/N-ethyl adjacent to an activating group) is 1. The first kappa shape index (κ1) is 8.47. The van der Waals surface area contributed by atoms with E-state index in [2.05, 4.69) is 18.5 Å². The van der Waals surface area contributed by atoms with Crippen LogP contribution in [0.5, 0.6) is 0 Å². The highest BCUT2D eigenvalue weighted by Gasteiger charge is 2.20. The van der Waals surface area contributed by atoms with Crippen molar-refractivity contribution in [3.63, 3.8) is 0 Å². The molecule has 2 nitrogen and oxygen atoms in total. The highest BCUT2D eigenvalue weighted by molar-refractivity contribution is 5.73. The van der Waals surface area contributed by atoms with Gasteiger partial charge < -0.3 is 0 Å². The molecule has 2 heteroatoms. The molecule has 11 heavy (non-hydrogen) atoms. The van der Waals surface area contributed by atoms with Crippen molar-refractivity contribution < 1.29 is 4.79 Å². The first-order valence-corrected chi connectivity index (χ1v) is 4.10. The zero-order chi connectivity index (χ0) is 8.27. The Bertz CT molecular complexity index is 165. The van der Waals surface area contributed by atoms with Crippen LogP contribution in [0.15, 0.2) is 12.2 Å². The van der Waals surface area contributed by atoms with E-state index in [4.69, 9.17) is 0 Å². The molecule has 0 spiro atoms. The van der Waals surface area contributed by atoms with Crippen LogP contribution < -0.4 is 0 Å². The summed E-state index contributed by atoms with van der Waals surface area (Å²) in [6.45, 7) is 4.83. The molecular formula is C9H15NO. The van der Waals surface area contributed by atoms with E-state index in [0.29, 0.717) is 6.04 Å². The third-order valence-corrected chi connectivity index (χ3v) is 2.35. The van der Waals surface area contributed by atoms with Gasteiger partial charge in [0.1, 0.15) is 6.29 Å². The SMILES string of the molecule is C=C(C=O)C1CCCCN1C. The molecular weight excluding hydrogens is 138 g/mol. The van der Waals surface area contributed by atoms with Crippen molar-refractivity contribution in [1.82, 2.24) is 4.90 Å². The topological polar surface area (TPSA) is 20.3 Å². The van der Waals surface area contributed by atoms with Gasteiger partial charge in [0.2, 0.25) is 0 Å². The number of aldehydes is 1. The van der Waals surface area contributed by atoms with Gasteiger partial charge in [-0.05, 0) is 26.4 Å². The number of hydrogen-bond donors (Lipinski definition) is 0. The van der Waals surface area contributed by atoms with Gasteiger partial charge in [0.15, 0.2) is 0 Å². The van der Waals surface area contributed by atoms with Gasteiger partial charge in [-0.3, -0.25) is 9.69 Å². The van der Waals surface area contributed by atoms with E-state index in [9.17, 15) is 4.79 Å². The first-order chi connectivity index (χ1) is 5.25. The van der Waals surface area contributed by atoms with Crippen LogP contribution in [0.3, 0.4) is 0 Å². The monoisotopic (exact) mass is 153 g/mol. The van der Waals surface area contributed by atoms with Crippen LogP contribution in [-0.2, 0) is 4.79 Å². The Morgan fingerprint density at radius 3 is 2.91 bits per heavy atom. The van der Waals surface area contributed by atoms with E-state index in [-0.39, 0.29) is 0 Å². The molecule has 0 aliphatic carbocycles. The van der Waals surface area contributed by atoms with Crippen LogP contribution in [0.2, 0.25) is 0 Å². The van der Waals surface area contributed by atoms with Crippen LogP contribution >= 0.6 is 0 Å². The summed E-state index contributed by atoms with van der Waals surface area (Å²) in [5.41, 5.74) is 0.729. The van der Waals surface area contributed by atoms with E-state index < -0.39 is 0 Å². The maximum atomic E-state index is 10.4. The number of carbonyl (C=O) groups excluding carboxylic acids is 1. The Labute approximate surface area is 67.9 Å². The molecule has 1 heterocycles. The highest BCUT2D eigenvalue weighted by atomic mass is 16.1. The number of likely N-dealkylation sites (tertiary alicyclic amines) is 1. The fourth-order valence-corrected chi connectivity index (χ4v) is 1.62. The van der Waals surface area contributed by atoms with Crippen LogP contribution in [0.1, 0.15) is 19.3 Å². The lowest BCUT2D eigenvalue weighted by Gasteiger charge is -2.32. The molecule has 0 N–H and O–H groups in total. The Kier molecular flexibility index (Phi) is 2.83. The smallest absolute Gasteiger partial charge is 0.147 e. The molecule has 0 radical (unpaired) electrons. The molecule has 1 atom stereocenters. The summed E-state index contributed by atoms with van der Waals surface area (Å²) in [6.07, 6.45) is 4.45. The fraction of sp³-hybridized carbons (Fsp3) is 0.667. The van der Waals surface area contributed by atoms with Gasteiger partial charge in [-0.25, -0.2) is 0 Å². The van der Waals surface area contributed by atoms with Crippen molar-refractivity contribution in [2.45, 2.75) is 25.3 Å². The van der Waals surface area contributed by atoms with Gasteiger partial charge in [0, 0.05) is 11.6 Å². The second-order valence-electron chi connectivity index (χ2n) is 3.18. The van der Waals surface area contributed by atoms with Crippen molar-refractivity contribution in [2.24, 2.45) is 0 Å². The predicted octanol–water partition coefficient (Wildman–Crippen LogP) is 1.23. The maximum absolute atomic E-state index is 10.4. The van der Waals surface area contributed by atoms with E-state index in [1.165, 1.54) is 12.8 Å². The molecule has 1 aliphatic heterocycles. The normalized spacial score (nSPS) is 26.5. The van der Waals surface area contributed by atoms with E-state index in [1.807, 2.05) is 0 Å². The standard InChI is InChI=1S/C9H15NO/c1-8(7-11)9-5-3-4-6-10(9)2/h7,9H,1,3-6H2,2H3. The number of carbonyl (C=O) groups is 1. The molecule has 1 saturated heterocycles. The molecule has 1 unspecified atom stereocenters. The van der Waals surface area contributed by atoms with Gasteiger partial charge in [-0.15, -0.1) is 0 Å². The molecule has 0 aromatic rings. The highest BCUT2D eigenvalue weighted by Crippen LogP contribution is 2.18. The number of rotatable bonds is 2. The number of piperidine rings is 1. The van der Waals surface area contributed by atoms with E-state index in [1.54, 1.807) is 0 Å². The maximum Gasteiger partial charge on any atom is 0.147 e. The van der Waals surface area contributed by atoms with Crippen molar-refractivity contribution in [3.05, 3.63) is 12.2 Å². The van der Waals surface area contributed by atoms with Crippen molar-refractivity contribution in [2.75, 3.05) is 13.6 Å². The van der Waals surface area contributed by atoms with Crippen LogP contribution in [0.25, 0.3) is 0 Å². The molecule has 62 valence electrons. The average Bonchev–Trinajstić information content (AvgIpc) is 2.04. The second-order valence-corrected chi connectivity index (χ2v) is 3.18. The third-order valence-electron chi connectivity index (χ3n) is 2.35. The lowest BCUT2D eigenvalue weighted by Crippen LogP contribution is -2.37. The van der Waals surface area contributed by atoms with E-state index in [0.717, 1.165) is 24.8 Å². The Balaban J connectivity index is 2.53. The summed E-state index contributed by atoms with van der Waals surface area (Å²) in [5.74, 6) is 0. The van der Waals surface area contributed by atoms with Gasteiger partial charge in [-0.1, -0.05) is 13.0 Å². The largest absolute Gasteiger partial charge is 0.299 e. The molecule has 0 aromatic heterocycles. The van der Waals surface area contributed by atoms with Crippen LogP contribution in [0, 0.1) is 0 Å². The summed E-state index contributed by atoms with van der Waals surface area (Å²) in [5, 5.41) is 0. The van der Waals surface area contributed by atoms with E-state index >= 15 is 0 Å². The van der Waals surface area contributed by atoms with Gasteiger partial charge in [-0.2, -0.15) is 0 Å². The Morgan fingerprint density at radius 1 is 1.64 bits per heavy atom. The average molecular weight is 153 g/mol. The van der Waals surface area contributed by atoms with Gasteiger partial charge >= 0.3 is 0 Å². The molecule has 1 fully saturated rings. The zero-order valence-electron chi connectivity index (χ0n) is 7.05. The summed E-state index contributed by atoms with van der Waals surface area (Å²) >= 11 is 0. The van der Waals surface area contributed by atoms with Gasteiger partial charge in [0.05, 0.1) is 0 Å². The van der Waals surface area contributed by atoms with Gasteiger partial charge in [0.25, 0.3) is 0 Å². The molecule has 0 aromatic carbocycles. The molecule has 0 amide bonds. The van der Waals surface area contributed by atoms with Crippen molar-refractivity contribution >= 4 is 6.29 Å². The number of hydrogen-bond acceptors (Lipinski definition) is 2. The lowest BCUT2D eigenvalue weighted by molar-refractivity contribution is -0.105. The quantitative estimate of drug-likeness (QED) is 0.439. The minimum Gasteiger partial charge on any atom is -0.299 e. The summed E-state index contributed by atoms with van der Waals surface area (Å²) in [4.78, 5) is 12.6. The predicted molar refractivity (Wildman–Crippen MR) is 45.5 cm³/mol. The summed E-state index contributed by atoms with van der Waals surface area (Å²) < 4.78 is 0. The van der Waals surface area contributed by atoms with Crippen molar-refractivity contribution in [1.29, 1.82) is 0 Å².